The van der Waals surface area contributed by atoms with Crippen molar-refractivity contribution in [2.75, 3.05) is 19.6 Å². The fraction of sp³-hybridized carbons (Fsp3) is 0.500. The van der Waals surface area contributed by atoms with Gasteiger partial charge < -0.3 is 9.47 Å². The van der Waals surface area contributed by atoms with Gasteiger partial charge in [0, 0.05) is 44.4 Å². The lowest BCUT2D eigenvalue weighted by Gasteiger charge is -2.25. The van der Waals surface area contributed by atoms with Gasteiger partial charge in [-0.15, -0.1) is 11.3 Å². The summed E-state index contributed by atoms with van der Waals surface area (Å²) in [6, 6.07) is 9.54. The van der Waals surface area contributed by atoms with Gasteiger partial charge in [-0.3, -0.25) is 4.79 Å². The quantitative estimate of drug-likeness (QED) is 0.526. The van der Waals surface area contributed by atoms with Crippen molar-refractivity contribution >= 4 is 38.3 Å². The summed E-state index contributed by atoms with van der Waals surface area (Å²) in [5.74, 6) is 0.962. The molecule has 0 saturated carbocycles. The number of carbonyl (C=O) groups excluding carboxylic acids is 1. The fourth-order valence-corrected chi connectivity index (χ4v) is 7.48. The number of hydrogen-bond acceptors (Lipinski definition) is 5. The van der Waals surface area contributed by atoms with Crippen molar-refractivity contribution < 1.29 is 13.2 Å². The summed E-state index contributed by atoms with van der Waals surface area (Å²) in [4.78, 5) is 21.3. The minimum Gasteiger partial charge on any atom is -0.335 e. The number of nitrogens with zero attached hydrogens (tertiary/aromatic N) is 4. The number of benzene rings is 1. The van der Waals surface area contributed by atoms with Crippen LogP contribution in [0.25, 0.3) is 11.0 Å². The number of imidazole rings is 1. The smallest absolute Gasteiger partial charge is 0.243 e. The second-order valence-electron chi connectivity index (χ2n) is 8.96. The third kappa shape index (κ3) is 4.34. The number of thiophene rings is 1. The zero-order valence-corrected chi connectivity index (χ0v) is 20.6. The first-order valence-electron chi connectivity index (χ1n) is 11.7. The number of sulfonamides is 1. The van der Waals surface area contributed by atoms with Crippen LogP contribution >= 0.6 is 11.3 Å². The number of piperidine rings is 1. The van der Waals surface area contributed by atoms with Gasteiger partial charge in [-0.2, -0.15) is 4.31 Å². The third-order valence-electron chi connectivity index (χ3n) is 6.90. The minimum atomic E-state index is -3.50. The first-order chi connectivity index (χ1) is 15.9. The van der Waals surface area contributed by atoms with Gasteiger partial charge in [0.15, 0.2) is 0 Å². The number of amides is 1. The van der Waals surface area contributed by atoms with E-state index in [1.54, 1.807) is 27.8 Å². The summed E-state index contributed by atoms with van der Waals surface area (Å²) in [7, 11) is -1.57. The second-order valence-corrected chi connectivity index (χ2v) is 11.9. The zero-order valence-electron chi connectivity index (χ0n) is 18.9. The molecule has 33 heavy (non-hydrogen) atoms. The predicted molar refractivity (Wildman–Crippen MR) is 130 cm³/mol. The average molecular weight is 487 g/mol. The Kier molecular flexibility index (Phi) is 6.28. The van der Waals surface area contributed by atoms with Gasteiger partial charge in [-0.25, -0.2) is 13.4 Å². The average Bonchev–Trinajstić information content (AvgIpc) is 3.58. The van der Waals surface area contributed by atoms with Gasteiger partial charge in [-0.1, -0.05) is 12.5 Å². The summed E-state index contributed by atoms with van der Waals surface area (Å²) >= 11 is 1.71. The van der Waals surface area contributed by atoms with Crippen molar-refractivity contribution in [3.8, 4) is 0 Å². The number of fused-ring (bicyclic) bond motifs is 1. The van der Waals surface area contributed by atoms with Crippen LogP contribution in [0.1, 0.15) is 55.3 Å². The first-order valence-corrected chi connectivity index (χ1v) is 14.1. The largest absolute Gasteiger partial charge is 0.335 e. The standard InChI is InChI=1S/C24H30N4O3S2/c1-26-20-10-9-18(33(30,31)27-13-3-2-4-14-27)17-19(20)25-23(26)11-12-24(29)28-15-5-7-21(28)22-8-6-16-32-22/h6,8-10,16-17,21H,2-5,7,11-15H2,1H3. The summed E-state index contributed by atoms with van der Waals surface area (Å²) < 4.78 is 29.7. The van der Waals surface area contributed by atoms with Gasteiger partial charge in [0.2, 0.25) is 15.9 Å². The molecule has 2 saturated heterocycles. The van der Waals surface area contributed by atoms with Gasteiger partial charge in [0.25, 0.3) is 0 Å². The molecule has 2 aromatic heterocycles. The molecule has 2 aliphatic rings. The van der Waals surface area contributed by atoms with Crippen molar-refractivity contribution in [3.05, 3.63) is 46.4 Å². The molecule has 2 fully saturated rings. The Morgan fingerprint density at radius 1 is 1.12 bits per heavy atom. The summed E-state index contributed by atoms with van der Waals surface area (Å²) in [6.07, 6.45) is 5.89. The molecule has 1 atom stereocenters. The Balaban J connectivity index is 1.32. The number of hydrogen-bond donors (Lipinski definition) is 0. The lowest BCUT2D eigenvalue weighted by molar-refractivity contribution is -0.132. The van der Waals surface area contributed by atoms with Gasteiger partial charge in [0.05, 0.1) is 22.0 Å². The van der Waals surface area contributed by atoms with Crippen molar-refractivity contribution in [1.29, 1.82) is 0 Å². The molecular weight excluding hydrogens is 456 g/mol. The van der Waals surface area contributed by atoms with Crippen LogP contribution in [0.3, 0.4) is 0 Å². The van der Waals surface area contributed by atoms with E-state index < -0.39 is 10.0 Å². The molecule has 0 spiro atoms. The van der Waals surface area contributed by atoms with Gasteiger partial charge >= 0.3 is 0 Å². The Hall–Kier alpha value is -2.23. The van der Waals surface area contributed by atoms with E-state index in [4.69, 9.17) is 4.98 Å². The van der Waals surface area contributed by atoms with Crippen molar-refractivity contribution in [1.82, 2.24) is 18.8 Å². The van der Waals surface area contributed by atoms with Crippen LogP contribution in [-0.4, -0.2) is 52.7 Å². The van der Waals surface area contributed by atoms with E-state index in [9.17, 15) is 13.2 Å². The highest BCUT2D eigenvalue weighted by atomic mass is 32.2. The van der Waals surface area contributed by atoms with Crippen LogP contribution in [0.15, 0.2) is 40.6 Å². The zero-order chi connectivity index (χ0) is 23.0. The van der Waals surface area contributed by atoms with Crippen molar-refractivity contribution in [2.24, 2.45) is 7.05 Å². The van der Waals surface area contributed by atoms with E-state index in [1.807, 2.05) is 28.6 Å². The van der Waals surface area contributed by atoms with Crippen LogP contribution in [-0.2, 0) is 28.3 Å². The summed E-state index contributed by atoms with van der Waals surface area (Å²) in [6.45, 7) is 1.97. The van der Waals surface area contributed by atoms with Crippen LogP contribution in [0.4, 0.5) is 0 Å². The Labute approximate surface area is 199 Å². The lowest BCUT2D eigenvalue weighted by atomic mass is 10.1. The second kappa shape index (κ2) is 9.19. The Bertz CT molecular complexity index is 1240. The molecule has 2 aliphatic heterocycles. The molecule has 7 nitrogen and oxygen atoms in total. The Morgan fingerprint density at radius 3 is 2.70 bits per heavy atom. The first kappa shape index (κ1) is 22.6. The van der Waals surface area contributed by atoms with E-state index in [2.05, 4.69) is 11.4 Å². The molecule has 0 bridgehead atoms. The highest BCUT2D eigenvalue weighted by Crippen LogP contribution is 2.35. The molecule has 5 rings (SSSR count). The maximum atomic E-state index is 13.1. The number of carbonyl (C=O) groups is 1. The molecule has 1 amide bonds. The normalized spacial score (nSPS) is 20.0. The molecule has 0 radical (unpaired) electrons. The maximum absolute atomic E-state index is 13.1. The molecule has 1 aromatic carbocycles. The molecule has 9 heteroatoms. The van der Waals surface area contributed by atoms with Crippen LogP contribution in [0.2, 0.25) is 0 Å². The SMILES string of the molecule is Cn1c(CCC(=O)N2CCCC2c2cccs2)nc2cc(S(=O)(=O)N3CCCCC3)ccc21. The number of aromatic nitrogens is 2. The topological polar surface area (TPSA) is 75.5 Å². The van der Waals surface area contributed by atoms with Crippen LogP contribution in [0, 0.1) is 0 Å². The van der Waals surface area contributed by atoms with E-state index in [-0.39, 0.29) is 11.9 Å². The molecule has 176 valence electrons. The van der Waals surface area contributed by atoms with E-state index in [0.717, 1.165) is 50.0 Å². The highest BCUT2D eigenvalue weighted by molar-refractivity contribution is 7.89. The summed E-state index contributed by atoms with van der Waals surface area (Å²) in [5.41, 5.74) is 1.54. The number of rotatable bonds is 6. The number of aryl methyl sites for hydroxylation is 2. The monoisotopic (exact) mass is 486 g/mol. The minimum absolute atomic E-state index is 0.159. The Morgan fingerprint density at radius 2 is 1.94 bits per heavy atom. The molecule has 0 N–H and O–H groups in total. The van der Waals surface area contributed by atoms with Crippen LogP contribution < -0.4 is 0 Å². The molecule has 3 aromatic rings. The fourth-order valence-electron chi connectivity index (χ4n) is 5.07. The lowest BCUT2D eigenvalue weighted by Crippen LogP contribution is -2.35. The summed E-state index contributed by atoms with van der Waals surface area (Å²) in [5, 5.41) is 2.06. The van der Waals surface area contributed by atoms with E-state index in [0.29, 0.717) is 36.3 Å². The predicted octanol–water partition coefficient (Wildman–Crippen LogP) is 4.11. The molecular formula is C24H30N4O3S2. The van der Waals surface area contributed by atoms with Gasteiger partial charge in [0.1, 0.15) is 5.82 Å². The van der Waals surface area contributed by atoms with Crippen molar-refractivity contribution in [2.45, 2.75) is 55.9 Å². The van der Waals surface area contributed by atoms with Gasteiger partial charge in [-0.05, 0) is 55.3 Å². The van der Waals surface area contributed by atoms with Crippen LogP contribution in [0.5, 0.6) is 0 Å². The molecule has 4 heterocycles. The number of likely N-dealkylation sites (tertiary alicyclic amines) is 1. The van der Waals surface area contributed by atoms with E-state index in [1.165, 1.54) is 4.88 Å². The van der Waals surface area contributed by atoms with E-state index >= 15 is 0 Å². The molecule has 0 aliphatic carbocycles. The molecule has 1 unspecified atom stereocenters. The third-order valence-corrected chi connectivity index (χ3v) is 9.77. The van der Waals surface area contributed by atoms with Crippen molar-refractivity contribution in [3.63, 3.8) is 0 Å². The highest BCUT2D eigenvalue weighted by Gasteiger charge is 2.30. The maximum Gasteiger partial charge on any atom is 0.243 e.